The smallest absolute Gasteiger partial charge is 0.323 e. The van der Waals surface area contributed by atoms with E-state index in [1.165, 1.54) is 0 Å². The molecule has 0 aromatic carbocycles. The molecule has 0 spiro atoms. The minimum Gasteiger partial charge on any atom is -0.480 e. The van der Waals surface area contributed by atoms with E-state index in [1.54, 1.807) is 0 Å². The number of aliphatic carboxylic acids is 1. The molecule has 3 N–H and O–H groups in total. The lowest BCUT2D eigenvalue weighted by atomic mass is 9.92. The molecule has 5 heteroatoms. The van der Waals surface area contributed by atoms with Crippen LogP contribution in [0.25, 0.3) is 0 Å². The van der Waals surface area contributed by atoms with Gasteiger partial charge < -0.3 is 15.7 Å². The molecule has 4 nitrogen and oxygen atoms in total. The normalized spacial score (nSPS) is 20.1. The minimum absolute atomic E-state index is 0.654. The molecule has 1 saturated heterocycles. The molecule has 0 amide bonds. The highest BCUT2D eigenvalue weighted by Crippen LogP contribution is 2.27. The molecule has 0 aromatic heterocycles. The second kappa shape index (κ2) is 6.35. The average Bonchev–Trinajstić information content (AvgIpc) is 2.26. The SMILES string of the molecule is CNCCCNC1(C(=O)O)CCSCC1. The Morgan fingerprint density at radius 1 is 1.40 bits per heavy atom. The fourth-order valence-electron chi connectivity index (χ4n) is 1.78. The maximum atomic E-state index is 11.3. The summed E-state index contributed by atoms with van der Waals surface area (Å²) in [5.41, 5.74) is -0.654. The largest absolute Gasteiger partial charge is 0.480 e. The lowest BCUT2D eigenvalue weighted by Crippen LogP contribution is -2.54. The summed E-state index contributed by atoms with van der Waals surface area (Å²) < 4.78 is 0. The molecular weight excluding hydrogens is 212 g/mol. The Morgan fingerprint density at radius 2 is 2.07 bits per heavy atom. The highest BCUT2D eigenvalue weighted by atomic mass is 32.2. The predicted molar refractivity (Wildman–Crippen MR) is 63.5 cm³/mol. The number of carbonyl (C=O) groups is 1. The van der Waals surface area contributed by atoms with E-state index < -0.39 is 11.5 Å². The molecule has 0 radical (unpaired) electrons. The van der Waals surface area contributed by atoms with Crippen molar-refractivity contribution >= 4 is 17.7 Å². The summed E-state index contributed by atoms with van der Waals surface area (Å²) in [6.45, 7) is 1.70. The summed E-state index contributed by atoms with van der Waals surface area (Å²) in [5, 5.41) is 15.5. The van der Waals surface area contributed by atoms with Crippen LogP contribution in [0.1, 0.15) is 19.3 Å². The van der Waals surface area contributed by atoms with Crippen molar-refractivity contribution in [2.24, 2.45) is 0 Å². The van der Waals surface area contributed by atoms with E-state index in [0.29, 0.717) is 0 Å². The Bertz CT molecular complexity index is 206. The molecule has 1 fully saturated rings. The molecule has 0 aromatic rings. The first-order valence-electron chi connectivity index (χ1n) is 5.42. The molecule has 1 heterocycles. The molecule has 0 saturated carbocycles. The summed E-state index contributed by atoms with van der Waals surface area (Å²) in [6, 6.07) is 0. The van der Waals surface area contributed by atoms with E-state index in [2.05, 4.69) is 10.6 Å². The Labute approximate surface area is 95.2 Å². The first-order valence-corrected chi connectivity index (χ1v) is 6.57. The molecule has 88 valence electrons. The molecule has 1 rings (SSSR count). The zero-order chi connectivity index (χ0) is 11.1. The van der Waals surface area contributed by atoms with Crippen LogP contribution in [0.5, 0.6) is 0 Å². The van der Waals surface area contributed by atoms with Crippen molar-refractivity contribution < 1.29 is 9.90 Å². The van der Waals surface area contributed by atoms with E-state index in [1.807, 2.05) is 18.8 Å². The van der Waals surface area contributed by atoms with E-state index >= 15 is 0 Å². The summed E-state index contributed by atoms with van der Waals surface area (Å²) >= 11 is 1.84. The lowest BCUT2D eigenvalue weighted by Gasteiger charge is -2.33. The van der Waals surface area contributed by atoms with E-state index in [4.69, 9.17) is 0 Å². The predicted octanol–water partition coefficient (Wildman–Crippen LogP) is 0.536. The third-order valence-corrected chi connectivity index (χ3v) is 3.81. The van der Waals surface area contributed by atoms with Crippen LogP contribution < -0.4 is 10.6 Å². The second-order valence-corrected chi connectivity index (χ2v) is 5.11. The molecule has 1 aliphatic rings. The Morgan fingerprint density at radius 3 is 2.60 bits per heavy atom. The molecule has 0 unspecified atom stereocenters. The highest BCUT2D eigenvalue weighted by molar-refractivity contribution is 7.99. The van der Waals surface area contributed by atoms with Gasteiger partial charge in [0.2, 0.25) is 0 Å². The monoisotopic (exact) mass is 232 g/mol. The molecule has 0 bridgehead atoms. The number of carboxylic acid groups (broad SMARTS) is 1. The number of hydrogen-bond acceptors (Lipinski definition) is 4. The van der Waals surface area contributed by atoms with Crippen LogP contribution in [0.15, 0.2) is 0 Å². The maximum absolute atomic E-state index is 11.3. The Balaban J connectivity index is 2.39. The van der Waals surface area contributed by atoms with Crippen LogP contribution in [0.2, 0.25) is 0 Å². The number of rotatable bonds is 6. The van der Waals surface area contributed by atoms with Crippen molar-refractivity contribution in [3.05, 3.63) is 0 Å². The summed E-state index contributed by atoms with van der Waals surface area (Å²) in [4.78, 5) is 11.3. The van der Waals surface area contributed by atoms with Gasteiger partial charge in [-0.1, -0.05) is 0 Å². The summed E-state index contributed by atoms with van der Waals surface area (Å²) in [7, 11) is 1.91. The van der Waals surface area contributed by atoms with Crippen molar-refractivity contribution in [1.29, 1.82) is 0 Å². The Hall–Kier alpha value is -0.260. The van der Waals surface area contributed by atoms with Gasteiger partial charge in [-0.05, 0) is 50.9 Å². The molecule has 1 aliphatic heterocycles. The van der Waals surface area contributed by atoms with Gasteiger partial charge >= 0.3 is 5.97 Å². The molecule has 0 aliphatic carbocycles. The van der Waals surface area contributed by atoms with Crippen LogP contribution in [0.3, 0.4) is 0 Å². The molecular formula is C10H20N2O2S. The van der Waals surface area contributed by atoms with Crippen LogP contribution in [0, 0.1) is 0 Å². The fourth-order valence-corrected chi connectivity index (χ4v) is 2.97. The third kappa shape index (κ3) is 3.66. The first kappa shape index (κ1) is 12.8. The van der Waals surface area contributed by atoms with Gasteiger partial charge in [-0.3, -0.25) is 4.79 Å². The van der Waals surface area contributed by atoms with Crippen molar-refractivity contribution in [3.8, 4) is 0 Å². The summed E-state index contributed by atoms with van der Waals surface area (Å²) in [6.07, 6.45) is 2.46. The number of hydrogen-bond donors (Lipinski definition) is 3. The van der Waals surface area contributed by atoms with Crippen molar-refractivity contribution in [1.82, 2.24) is 10.6 Å². The first-order chi connectivity index (χ1) is 7.21. The molecule has 0 atom stereocenters. The fraction of sp³-hybridized carbons (Fsp3) is 0.900. The number of carboxylic acids is 1. The van der Waals surface area contributed by atoms with Gasteiger partial charge in [-0.25, -0.2) is 0 Å². The maximum Gasteiger partial charge on any atom is 0.323 e. The number of thioether (sulfide) groups is 1. The second-order valence-electron chi connectivity index (χ2n) is 3.88. The van der Waals surface area contributed by atoms with Crippen molar-refractivity contribution in [2.75, 3.05) is 31.6 Å². The quantitative estimate of drug-likeness (QED) is 0.583. The van der Waals surface area contributed by atoms with E-state index in [9.17, 15) is 9.90 Å². The van der Waals surface area contributed by atoms with E-state index in [-0.39, 0.29) is 0 Å². The summed E-state index contributed by atoms with van der Waals surface area (Å²) in [5.74, 6) is 1.21. The van der Waals surface area contributed by atoms with Gasteiger partial charge in [0.05, 0.1) is 0 Å². The number of nitrogens with one attached hydrogen (secondary N) is 2. The van der Waals surface area contributed by atoms with Gasteiger partial charge in [0.1, 0.15) is 5.54 Å². The Kier molecular flexibility index (Phi) is 5.42. The van der Waals surface area contributed by atoms with Gasteiger partial charge in [0.25, 0.3) is 0 Å². The van der Waals surface area contributed by atoms with Crippen molar-refractivity contribution in [3.63, 3.8) is 0 Å². The molecule has 15 heavy (non-hydrogen) atoms. The zero-order valence-corrected chi connectivity index (χ0v) is 10.0. The lowest BCUT2D eigenvalue weighted by molar-refractivity contribution is -0.145. The van der Waals surface area contributed by atoms with Crippen LogP contribution >= 0.6 is 11.8 Å². The van der Waals surface area contributed by atoms with Crippen molar-refractivity contribution in [2.45, 2.75) is 24.8 Å². The topological polar surface area (TPSA) is 61.4 Å². The third-order valence-electron chi connectivity index (χ3n) is 2.82. The highest BCUT2D eigenvalue weighted by Gasteiger charge is 2.38. The average molecular weight is 232 g/mol. The van der Waals surface area contributed by atoms with Gasteiger partial charge in [0.15, 0.2) is 0 Å². The zero-order valence-electron chi connectivity index (χ0n) is 9.21. The van der Waals surface area contributed by atoms with E-state index in [0.717, 1.165) is 43.9 Å². The van der Waals surface area contributed by atoms with Crippen LogP contribution in [-0.4, -0.2) is 48.3 Å². The van der Waals surface area contributed by atoms with Crippen LogP contribution in [-0.2, 0) is 4.79 Å². The minimum atomic E-state index is -0.688. The standard InChI is InChI=1S/C10H20N2O2S/c1-11-5-2-6-12-10(9(13)14)3-7-15-8-4-10/h11-12H,2-8H2,1H3,(H,13,14). The van der Waals surface area contributed by atoms with Gasteiger partial charge in [0, 0.05) is 0 Å². The van der Waals surface area contributed by atoms with Crippen LogP contribution in [0.4, 0.5) is 0 Å². The van der Waals surface area contributed by atoms with Gasteiger partial charge in [-0.15, -0.1) is 0 Å². The van der Waals surface area contributed by atoms with Gasteiger partial charge in [-0.2, -0.15) is 11.8 Å².